The normalized spacial score (nSPS) is 10.3. The molecule has 0 aliphatic carbocycles. The summed E-state index contributed by atoms with van der Waals surface area (Å²) in [6.07, 6.45) is 1.15. The molecular weight excluding hydrogens is 210 g/mol. The van der Waals surface area contributed by atoms with E-state index in [1.54, 1.807) is 0 Å². The summed E-state index contributed by atoms with van der Waals surface area (Å²) in [5.41, 5.74) is 1.08. The fourth-order valence-electron chi connectivity index (χ4n) is 1.31. The van der Waals surface area contributed by atoms with E-state index < -0.39 is 0 Å². The number of hydrogen-bond acceptors (Lipinski definition) is 2. The average Bonchev–Trinajstić information content (AvgIpc) is 2.20. The van der Waals surface area contributed by atoms with Gasteiger partial charge in [0.2, 0.25) is 0 Å². The molecular formula is C12H18ClNO. The van der Waals surface area contributed by atoms with Crippen LogP contribution in [-0.2, 0) is 0 Å². The van der Waals surface area contributed by atoms with Crippen LogP contribution in [-0.4, -0.2) is 19.7 Å². The number of halogens is 1. The highest BCUT2D eigenvalue weighted by Crippen LogP contribution is 2.21. The van der Waals surface area contributed by atoms with Gasteiger partial charge in [-0.1, -0.05) is 18.5 Å². The molecule has 0 bridgehead atoms. The van der Waals surface area contributed by atoms with E-state index in [9.17, 15) is 0 Å². The second-order valence-electron chi connectivity index (χ2n) is 3.51. The van der Waals surface area contributed by atoms with Crippen LogP contribution in [0.15, 0.2) is 18.2 Å². The summed E-state index contributed by atoms with van der Waals surface area (Å²) >= 11 is 5.85. The van der Waals surface area contributed by atoms with Crippen molar-refractivity contribution in [2.75, 3.05) is 19.7 Å². The molecule has 0 saturated carbocycles. The quantitative estimate of drug-likeness (QED) is 0.755. The second-order valence-corrected chi connectivity index (χ2v) is 3.94. The Bertz CT molecular complexity index is 302. The van der Waals surface area contributed by atoms with Crippen molar-refractivity contribution < 1.29 is 4.74 Å². The van der Waals surface area contributed by atoms with Gasteiger partial charge in [0.15, 0.2) is 0 Å². The molecule has 84 valence electrons. The molecule has 0 radical (unpaired) electrons. The smallest absolute Gasteiger partial charge is 0.122 e. The van der Waals surface area contributed by atoms with Gasteiger partial charge in [0.05, 0.1) is 0 Å². The van der Waals surface area contributed by atoms with Crippen LogP contribution in [0, 0.1) is 6.92 Å². The lowest BCUT2D eigenvalue weighted by Gasteiger charge is -2.09. The van der Waals surface area contributed by atoms with Crippen molar-refractivity contribution in [2.24, 2.45) is 0 Å². The van der Waals surface area contributed by atoms with Crippen LogP contribution in [0.25, 0.3) is 0 Å². The van der Waals surface area contributed by atoms with Crippen LogP contribution in [0.2, 0.25) is 5.02 Å². The lowest BCUT2D eigenvalue weighted by Crippen LogP contribution is -2.21. The average molecular weight is 228 g/mol. The SMILES string of the molecule is CCCNCCOc1ccc(Cl)cc1C. The molecule has 0 saturated heterocycles. The van der Waals surface area contributed by atoms with Crippen molar-refractivity contribution >= 4 is 11.6 Å². The van der Waals surface area contributed by atoms with Crippen molar-refractivity contribution in [3.63, 3.8) is 0 Å². The molecule has 1 aromatic rings. The maximum absolute atomic E-state index is 5.85. The first kappa shape index (κ1) is 12.3. The van der Waals surface area contributed by atoms with E-state index in [4.69, 9.17) is 16.3 Å². The monoisotopic (exact) mass is 227 g/mol. The van der Waals surface area contributed by atoms with Crippen LogP contribution in [0.3, 0.4) is 0 Å². The van der Waals surface area contributed by atoms with E-state index >= 15 is 0 Å². The molecule has 2 nitrogen and oxygen atoms in total. The Morgan fingerprint density at radius 2 is 2.13 bits per heavy atom. The van der Waals surface area contributed by atoms with E-state index in [0.29, 0.717) is 6.61 Å². The predicted octanol–water partition coefficient (Wildman–Crippen LogP) is 3.03. The van der Waals surface area contributed by atoms with Gasteiger partial charge in [-0.3, -0.25) is 0 Å². The highest BCUT2D eigenvalue weighted by molar-refractivity contribution is 6.30. The highest BCUT2D eigenvalue weighted by atomic mass is 35.5. The van der Waals surface area contributed by atoms with E-state index in [1.165, 1.54) is 0 Å². The van der Waals surface area contributed by atoms with Crippen LogP contribution in [0.4, 0.5) is 0 Å². The first-order chi connectivity index (χ1) is 7.24. The van der Waals surface area contributed by atoms with Gasteiger partial charge in [-0.25, -0.2) is 0 Å². The Morgan fingerprint density at radius 3 is 2.80 bits per heavy atom. The van der Waals surface area contributed by atoms with Crippen molar-refractivity contribution in [3.05, 3.63) is 28.8 Å². The number of rotatable bonds is 6. The number of ether oxygens (including phenoxy) is 1. The van der Waals surface area contributed by atoms with E-state index in [1.807, 2.05) is 25.1 Å². The summed E-state index contributed by atoms with van der Waals surface area (Å²) in [5.74, 6) is 0.915. The largest absolute Gasteiger partial charge is 0.492 e. The molecule has 0 atom stereocenters. The van der Waals surface area contributed by atoms with Crippen LogP contribution in [0.1, 0.15) is 18.9 Å². The minimum absolute atomic E-state index is 0.697. The molecule has 0 spiro atoms. The zero-order valence-electron chi connectivity index (χ0n) is 9.35. The third-order valence-electron chi connectivity index (χ3n) is 2.10. The highest BCUT2D eigenvalue weighted by Gasteiger charge is 1.99. The summed E-state index contributed by atoms with van der Waals surface area (Å²) < 4.78 is 5.62. The molecule has 0 fully saturated rings. The minimum atomic E-state index is 0.697. The van der Waals surface area contributed by atoms with Gasteiger partial charge >= 0.3 is 0 Å². The maximum atomic E-state index is 5.85. The first-order valence-electron chi connectivity index (χ1n) is 5.33. The maximum Gasteiger partial charge on any atom is 0.122 e. The number of aryl methyl sites for hydroxylation is 1. The van der Waals surface area contributed by atoms with Crippen molar-refractivity contribution in [3.8, 4) is 5.75 Å². The molecule has 0 amide bonds. The van der Waals surface area contributed by atoms with Gasteiger partial charge in [0, 0.05) is 11.6 Å². The summed E-state index contributed by atoms with van der Waals surface area (Å²) in [4.78, 5) is 0. The molecule has 1 aromatic carbocycles. The van der Waals surface area contributed by atoms with E-state index in [2.05, 4.69) is 12.2 Å². The Balaban J connectivity index is 2.31. The lowest BCUT2D eigenvalue weighted by atomic mass is 10.2. The minimum Gasteiger partial charge on any atom is -0.492 e. The van der Waals surface area contributed by atoms with Gasteiger partial charge in [-0.2, -0.15) is 0 Å². The fraction of sp³-hybridized carbons (Fsp3) is 0.500. The summed E-state index contributed by atoms with van der Waals surface area (Å²) in [6, 6.07) is 5.68. The Kier molecular flexibility index (Phi) is 5.51. The van der Waals surface area contributed by atoms with Gasteiger partial charge in [-0.15, -0.1) is 0 Å². The summed E-state index contributed by atoms with van der Waals surface area (Å²) in [5, 5.41) is 4.04. The molecule has 1 N–H and O–H groups in total. The lowest BCUT2D eigenvalue weighted by molar-refractivity contribution is 0.312. The molecule has 0 aromatic heterocycles. The van der Waals surface area contributed by atoms with Gasteiger partial charge in [0.25, 0.3) is 0 Å². The summed E-state index contributed by atoms with van der Waals surface area (Å²) in [7, 11) is 0. The Labute approximate surface area is 96.6 Å². The van der Waals surface area contributed by atoms with E-state index in [-0.39, 0.29) is 0 Å². The third kappa shape index (κ3) is 4.54. The van der Waals surface area contributed by atoms with Gasteiger partial charge in [-0.05, 0) is 43.7 Å². The standard InChI is InChI=1S/C12H18ClNO/c1-3-6-14-7-8-15-12-5-4-11(13)9-10(12)2/h4-5,9,14H,3,6-8H2,1-2H3. The number of hydrogen-bond donors (Lipinski definition) is 1. The Morgan fingerprint density at radius 1 is 1.33 bits per heavy atom. The zero-order chi connectivity index (χ0) is 11.1. The molecule has 1 rings (SSSR count). The van der Waals surface area contributed by atoms with Gasteiger partial charge < -0.3 is 10.1 Å². The van der Waals surface area contributed by atoms with Gasteiger partial charge in [0.1, 0.15) is 12.4 Å². The van der Waals surface area contributed by atoms with Crippen LogP contribution >= 0.6 is 11.6 Å². The molecule has 15 heavy (non-hydrogen) atoms. The molecule has 0 aliphatic rings. The van der Waals surface area contributed by atoms with Crippen molar-refractivity contribution in [1.82, 2.24) is 5.32 Å². The van der Waals surface area contributed by atoms with E-state index in [0.717, 1.165) is 35.8 Å². The van der Waals surface area contributed by atoms with Crippen molar-refractivity contribution in [2.45, 2.75) is 20.3 Å². The molecule has 0 unspecified atom stereocenters. The molecule has 0 aliphatic heterocycles. The third-order valence-corrected chi connectivity index (χ3v) is 2.34. The van der Waals surface area contributed by atoms with Crippen LogP contribution in [0.5, 0.6) is 5.75 Å². The fourth-order valence-corrected chi connectivity index (χ4v) is 1.54. The molecule has 3 heteroatoms. The first-order valence-corrected chi connectivity index (χ1v) is 5.71. The number of nitrogens with one attached hydrogen (secondary N) is 1. The zero-order valence-corrected chi connectivity index (χ0v) is 10.1. The van der Waals surface area contributed by atoms with Crippen LogP contribution < -0.4 is 10.1 Å². The number of benzene rings is 1. The summed E-state index contributed by atoms with van der Waals surface area (Å²) in [6.45, 7) is 6.78. The molecule has 0 heterocycles. The van der Waals surface area contributed by atoms with Crippen molar-refractivity contribution in [1.29, 1.82) is 0 Å². The second kappa shape index (κ2) is 6.70. The predicted molar refractivity (Wildman–Crippen MR) is 64.8 cm³/mol. The topological polar surface area (TPSA) is 21.3 Å². The Hall–Kier alpha value is -0.730.